The van der Waals surface area contributed by atoms with Crippen molar-refractivity contribution in [3.05, 3.63) is 0 Å². The van der Waals surface area contributed by atoms with Crippen LogP contribution in [0.1, 0.15) is 47.0 Å². The van der Waals surface area contributed by atoms with Gasteiger partial charge in [-0.3, -0.25) is 4.79 Å². The molecule has 0 aromatic heterocycles. The molecule has 1 aliphatic heterocycles. The zero-order valence-corrected chi connectivity index (χ0v) is 9.97. The standard InChI is InChI=1S/C12H23NO/c1-10(8-12(2,3)4)9-13-7-5-6-11(13)14/h10H,5-9H2,1-4H3. The van der Waals surface area contributed by atoms with Crippen LogP contribution >= 0.6 is 0 Å². The van der Waals surface area contributed by atoms with Crippen molar-refractivity contribution >= 4 is 5.91 Å². The molecule has 1 rings (SSSR count). The lowest BCUT2D eigenvalue weighted by Crippen LogP contribution is -2.31. The van der Waals surface area contributed by atoms with E-state index in [4.69, 9.17) is 0 Å². The minimum atomic E-state index is 0.353. The van der Waals surface area contributed by atoms with Gasteiger partial charge in [-0.05, 0) is 24.2 Å². The molecule has 2 nitrogen and oxygen atoms in total. The van der Waals surface area contributed by atoms with Crippen LogP contribution in [-0.2, 0) is 4.79 Å². The van der Waals surface area contributed by atoms with E-state index in [0.717, 1.165) is 25.9 Å². The van der Waals surface area contributed by atoms with Gasteiger partial charge in [0.05, 0.1) is 0 Å². The molecule has 2 heteroatoms. The molecule has 14 heavy (non-hydrogen) atoms. The predicted octanol–water partition coefficient (Wildman–Crippen LogP) is 2.68. The van der Waals surface area contributed by atoms with Crippen LogP contribution in [0.3, 0.4) is 0 Å². The summed E-state index contributed by atoms with van der Waals surface area (Å²) in [5.41, 5.74) is 0.377. The minimum absolute atomic E-state index is 0.353. The van der Waals surface area contributed by atoms with Gasteiger partial charge in [0, 0.05) is 19.5 Å². The molecule has 0 bridgehead atoms. The van der Waals surface area contributed by atoms with E-state index in [-0.39, 0.29) is 0 Å². The molecule has 1 unspecified atom stereocenters. The maximum atomic E-state index is 11.4. The van der Waals surface area contributed by atoms with Gasteiger partial charge < -0.3 is 4.90 Å². The number of likely N-dealkylation sites (tertiary alicyclic amines) is 1. The van der Waals surface area contributed by atoms with Crippen LogP contribution < -0.4 is 0 Å². The lowest BCUT2D eigenvalue weighted by Gasteiger charge is -2.26. The second-order valence-electron chi connectivity index (χ2n) is 5.81. The number of hydrogen-bond acceptors (Lipinski definition) is 1. The Morgan fingerprint density at radius 1 is 1.43 bits per heavy atom. The van der Waals surface area contributed by atoms with Crippen molar-refractivity contribution in [2.45, 2.75) is 47.0 Å². The molecule has 1 fully saturated rings. The molecule has 0 spiro atoms. The van der Waals surface area contributed by atoms with Crippen LogP contribution in [-0.4, -0.2) is 23.9 Å². The van der Waals surface area contributed by atoms with Gasteiger partial charge in [0.25, 0.3) is 0 Å². The zero-order valence-electron chi connectivity index (χ0n) is 9.97. The van der Waals surface area contributed by atoms with E-state index in [1.165, 1.54) is 6.42 Å². The molecular formula is C12H23NO. The van der Waals surface area contributed by atoms with Gasteiger partial charge in [0.15, 0.2) is 0 Å². The summed E-state index contributed by atoms with van der Waals surface area (Å²) in [5, 5.41) is 0. The smallest absolute Gasteiger partial charge is 0.222 e. The quantitative estimate of drug-likeness (QED) is 0.681. The third kappa shape index (κ3) is 3.69. The van der Waals surface area contributed by atoms with Crippen LogP contribution in [0, 0.1) is 11.3 Å². The van der Waals surface area contributed by atoms with Gasteiger partial charge in [-0.1, -0.05) is 27.7 Å². The number of carbonyl (C=O) groups is 1. The summed E-state index contributed by atoms with van der Waals surface area (Å²) in [5.74, 6) is 0.975. The Hall–Kier alpha value is -0.530. The lowest BCUT2D eigenvalue weighted by molar-refractivity contribution is -0.128. The molecule has 1 amide bonds. The molecule has 0 N–H and O–H groups in total. The fourth-order valence-corrected chi connectivity index (χ4v) is 2.38. The Kier molecular flexibility index (Phi) is 3.57. The van der Waals surface area contributed by atoms with Crippen molar-refractivity contribution in [1.82, 2.24) is 4.90 Å². The Balaban J connectivity index is 2.33. The summed E-state index contributed by atoms with van der Waals surface area (Å²) >= 11 is 0. The number of hydrogen-bond donors (Lipinski definition) is 0. The first-order valence-corrected chi connectivity index (χ1v) is 5.66. The lowest BCUT2D eigenvalue weighted by atomic mass is 9.85. The third-order valence-corrected chi connectivity index (χ3v) is 2.66. The molecule has 0 radical (unpaired) electrons. The van der Waals surface area contributed by atoms with Crippen LogP contribution in [0.5, 0.6) is 0 Å². The highest BCUT2D eigenvalue weighted by Crippen LogP contribution is 2.25. The number of nitrogens with zero attached hydrogens (tertiary/aromatic N) is 1. The molecule has 0 aliphatic carbocycles. The normalized spacial score (nSPS) is 20.3. The molecule has 1 saturated heterocycles. The SMILES string of the molecule is CC(CN1CCCC1=O)CC(C)(C)C. The maximum Gasteiger partial charge on any atom is 0.222 e. The molecular weight excluding hydrogens is 174 g/mol. The molecule has 1 aliphatic rings. The summed E-state index contributed by atoms with van der Waals surface area (Å²) in [7, 11) is 0. The molecule has 0 aromatic carbocycles. The highest BCUT2D eigenvalue weighted by Gasteiger charge is 2.23. The van der Waals surface area contributed by atoms with Crippen LogP contribution in [0.25, 0.3) is 0 Å². The van der Waals surface area contributed by atoms with E-state index in [1.807, 2.05) is 4.90 Å². The van der Waals surface area contributed by atoms with E-state index in [2.05, 4.69) is 27.7 Å². The molecule has 1 heterocycles. The highest BCUT2D eigenvalue weighted by molar-refractivity contribution is 5.78. The molecule has 1 atom stereocenters. The van der Waals surface area contributed by atoms with Gasteiger partial charge in [0.2, 0.25) is 5.91 Å². The van der Waals surface area contributed by atoms with E-state index >= 15 is 0 Å². The number of amides is 1. The van der Waals surface area contributed by atoms with Gasteiger partial charge in [-0.2, -0.15) is 0 Å². The van der Waals surface area contributed by atoms with Crippen molar-refractivity contribution in [2.24, 2.45) is 11.3 Å². The second-order valence-corrected chi connectivity index (χ2v) is 5.81. The summed E-state index contributed by atoms with van der Waals surface area (Å²) in [6, 6.07) is 0. The summed E-state index contributed by atoms with van der Waals surface area (Å²) in [4.78, 5) is 13.4. The predicted molar refractivity (Wildman–Crippen MR) is 59.1 cm³/mol. The Labute approximate surface area is 87.7 Å². The van der Waals surface area contributed by atoms with E-state index < -0.39 is 0 Å². The van der Waals surface area contributed by atoms with Gasteiger partial charge in [0.1, 0.15) is 0 Å². The Morgan fingerprint density at radius 3 is 2.50 bits per heavy atom. The van der Waals surface area contributed by atoms with Crippen molar-refractivity contribution < 1.29 is 4.79 Å². The Morgan fingerprint density at radius 2 is 2.07 bits per heavy atom. The van der Waals surface area contributed by atoms with E-state index in [9.17, 15) is 4.79 Å². The fourth-order valence-electron chi connectivity index (χ4n) is 2.38. The highest BCUT2D eigenvalue weighted by atomic mass is 16.2. The first-order valence-electron chi connectivity index (χ1n) is 5.66. The first-order chi connectivity index (χ1) is 6.38. The first kappa shape index (κ1) is 11.5. The van der Waals surface area contributed by atoms with Crippen molar-refractivity contribution in [1.29, 1.82) is 0 Å². The summed E-state index contributed by atoms with van der Waals surface area (Å²) in [6.45, 7) is 11.0. The van der Waals surface area contributed by atoms with Gasteiger partial charge in [-0.25, -0.2) is 0 Å². The van der Waals surface area contributed by atoms with Crippen LogP contribution in [0.15, 0.2) is 0 Å². The van der Waals surface area contributed by atoms with Crippen molar-refractivity contribution in [2.75, 3.05) is 13.1 Å². The van der Waals surface area contributed by atoms with E-state index in [0.29, 0.717) is 17.2 Å². The minimum Gasteiger partial charge on any atom is -0.342 e. The van der Waals surface area contributed by atoms with Crippen LogP contribution in [0.2, 0.25) is 0 Å². The zero-order chi connectivity index (χ0) is 10.8. The summed E-state index contributed by atoms with van der Waals surface area (Å²) in [6.07, 6.45) is 3.01. The monoisotopic (exact) mass is 197 g/mol. The third-order valence-electron chi connectivity index (χ3n) is 2.66. The number of carbonyl (C=O) groups excluding carboxylic acids is 1. The topological polar surface area (TPSA) is 20.3 Å². The van der Waals surface area contributed by atoms with E-state index in [1.54, 1.807) is 0 Å². The molecule has 82 valence electrons. The Bertz CT molecular complexity index is 205. The summed E-state index contributed by atoms with van der Waals surface area (Å²) < 4.78 is 0. The van der Waals surface area contributed by atoms with Gasteiger partial charge in [-0.15, -0.1) is 0 Å². The maximum absolute atomic E-state index is 11.4. The average Bonchev–Trinajstić information content (AvgIpc) is 2.32. The van der Waals surface area contributed by atoms with Crippen molar-refractivity contribution in [3.63, 3.8) is 0 Å². The van der Waals surface area contributed by atoms with Gasteiger partial charge >= 0.3 is 0 Å². The largest absolute Gasteiger partial charge is 0.342 e. The molecule has 0 aromatic rings. The molecule has 0 saturated carbocycles. The fraction of sp³-hybridized carbons (Fsp3) is 0.917. The van der Waals surface area contributed by atoms with Crippen molar-refractivity contribution in [3.8, 4) is 0 Å². The number of rotatable bonds is 3. The average molecular weight is 197 g/mol. The van der Waals surface area contributed by atoms with Crippen LogP contribution in [0.4, 0.5) is 0 Å². The second kappa shape index (κ2) is 4.33.